The third-order valence-electron chi connectivity index (χ3n) is 4.94. The Morgan fingerprint density at radius 3 is 2.53 bits per heavy atom. The highest BCUT2D eigenvalue weighted by molar-refractivity contribution is 9.10. The van der Waals surface area contributed by atoms with Crippen LogP contribution in [0.25, 0.3) is 11.8 Å². The van der Waals surface area contributed by atoms with Gasteiger partial charge in [-0.05, 0) is 78.2 Å². The molecular weight excluding hydrogens is 462 g/mol. The third-order valence-corrected chi connectivity index (χ3v) is 6.18. The second-order valence-corrected chi connectivity index (χ2v) is 8.30. The predicted octanol–water partition coefficient (Wildman–Crippen LogP) is 6.29. The van der Waals surface area contributed by atoms with Crippen molar-refractivity contribution in [2.24, 2.45) is 0 Å². The molecule has 1 atom stereocenters. The van der Waals surface area contributed by atoms with Gasteiger partial charge in [0.15, 0.2) is 0 Å². The van der Waals surface area contributed by atoms with Crippen LogP contribution >= 0.6 is 27.5 Å². The molecule has 1 aromatic heterocycles. The Morgan fingerprint density at radius 1 is 1.20 bits per heavy atom. The van der Waals surface area contributed by atoms with Crippen LogP contribution in [-0.4, -0.2) is 10.5 Å². The number of hydrogen-bond donors (Lipinski definition) is 1. The van der Waals surface area contributed by atoms with Gasteiger partial charge in [0.1, 0.15) is 11.6 Å². The Bertz CT molecular complexity index is 1160. The number of aryl methyl sites for hydroxylation is 1. The molecule has 0 saturated carbocycles. The van der Waals surface area contributed by atoms with E-state index < -0.39 is 5.91 Å². The predicted molar refractivity (Wildman–Crippen MR) is 125 cm³/mol. The summed E-state index contributed by atoms with van der Waals surface area (Å²) in [5.41, 5.74) is 4.67. The monoisotopic (exact) mass is 481 g/mol. The molecule has 4 nitrogen and oxygen atoms in total. The summed E-state index contributed by atoms with van der Waals surface area (Å²) in [5, 5.41) is 13.1. The topological polar surface area (TPSA) is 57.8 Å². The average Bonchev–Trinajstić information content (AvgIpc) is 3.01. The number of nitriles is 1. The van der Waals surface area contributed by atoms with Crippen molar-refractivity contribution in [3.05, 3.63) is 92.2 Å². The van der Waals surface area contributed by atoms with E-state index in [1.165, 1.54) is 0 Å². The van der Waals surface area contributed by atoms with Crippen molar-refractivity contribution in [1.29, 1.82) is 5.26 Å². The van der Waals surface area contributed by atoms with Crippen LogP contribution in [0.1, 0.15) is 35.5 Å². The van der Waals surface area contributed by atoms with Crippen molar-refractivity contribution in [2.45, 2.75) is 26.8 Å². The molecule has 0 radical (unpaired) electrons. The molecule has 0 fully saturated rings. The van der Waals surface area contributed by atoms with Gasteiger partial charge < -0.3 is 9.88 Å². The van der Waals surface area contributed by atoms with Gasteiger partial charge in [0.25, 0.3) is 5.91 Å². The number of carbonyl (C=O) groups excluding carboxylic acids is 1. The van der Waals surface area contributed by atoms with E-state index in [0.717, 1.165) is 32.7 Å². The van der Waals surface area contributed by atoms with E-state index >= 15 is 0 Å². The van der Waals surface area contributed by atoms with Gasteiger partial charge >= 0.3 is 0 Å². The Kier molecular flexibility index (Phi) is 6.81. The summed E-state index contributed by atoms with van der Waals surface area (Å²) in [6, 6.07) is 19.2. The largest absolute Gasteiger partial charge is 0.345 e. The zero-order valence-electron chi connectivity index (χ0n) is 16.9. The molecule has 0 saturated heterocycles. The van der Waals surface area contributed by atoms with E-state index in [1.54, 1.807) is 6.08 Å². The molecule has 6 heteroatoms. The minimum atomic E-state index is -0.398. The number of halogens is 2. The average molecular weight is 483 g/mol. The summed E-state index contributed by atoms with van der Waals surface area (Å²) in [4.78, 5) is 12.7. The molecule has 30 heavy (non-hydrogen) atoms. The number of aromatic nitrogens is 1. The first-order chi connectivity index (χ1) is 14.3. The minimum absolute atomic E-state index is 0.0619. The zero-order chi connectivity index (χ0) is 21.8. The van der Waals surface area contributed by atoms with Crippen molar-refractivity contribution < 1.29 is 4.79 Å². The van der Waals surface area contributed by atoms with Crippen LogP contribution in [-0.2, 0) is 4.79 Å². The number of hydrogen-bond acceptors (Lipinski definition) is 2. The molecule has 0 unspecified atom stereocenters. The SMILES string of the molecule is Cc1cc(/C=C(/C#N)C(=O)N[C@@H](C)c2ccccc2)c(C)n1-c1ccc(Br)c(Cl)c1. The van der Waals surface area contributed by atoms with E-state index in [9.17, 15) is 10.1 Å². The summed E-state index contributed by atoms with van der Waals surface area (Å²) in [5.74, 6) is -0.398. The number of nitrogens with zero attached hydrogens (tertiary/aromatic N) is 2. The molecule has 152 valence electrons. The lowest BCUT2D eigenvalue weighted by molar-refractivity contribution is -0.117. The normalized spacial score (nSPS) is 12.3. The molecule has 3 aromatic rings. The molecular formula is C24H21BrClN3O. The maximum atomic E-state index is 12.7. The second kappa shape index (κ2) is 9.34. The molecule has 1 heterocycles. The highest BCUT2D eigenvalue weighted by Gasteiger charge is 2.16. The number of rotatable bonds is 5. The van der Waals surface area contributed by atoms with Gasteiger partial charge in [-0.1, -0.05) is 41.9 Å². The van der Waals surface area contributed by atoms with Crippen LogP contribution in [0.15, 0.2) is 64.6 Å². The maximum absolute atomic E-state index is 12.7. The highest BCUT2D eigenvalue weighted by Crippen LogP contribution is 2.28. The summed E-state index contributed by atoms with van der Waals surface area (Å²) < 4.78 is 2.87. The van der Waals surface area contributed by atoms with Gasteiger partial charge in [0.2, 0.25) is 0 Å². The highest BCUT2D eigenvalue weighted by atomic mass is 79.9. The van der Waals surface area contributed by atoms with Crippen molar-refractivity contribution >= 4 is 39.5 Å². The van der Waals surface area contributed by atoms with Crippen molar-refractivity contribution in [3.8, 4) is 11.8 Å². The number of nitrogens with one attached hydrogen (secondary N) is 1. The van der Waals surface area contributed by atoms with Crippen LogP contribution in [0, 0.1) is 25.2 Å². The van der Waals surface area contributed by atoms with E-state index in [-0.39, 0.29) is 11.6 Å². The lowest BCUT2D eigenvalue weighted by Crippen LogP contribution is -2.27. The van der Waals surface area contributed by atoms with Gasteiger partial charge in [0, 0.05) is 21.5 Å². The fraction of sp³-hybridized carbons (Fsp3) is 0.167. The first kappa shape index (κ1) is 21.9. The Morgan fingerprint density at radius 2 is 1.90 bits per heavy atom. The number of carbonyl (C=O) groups is 1. The van der Waals surface area contributed by atoms with Crippen molar-refractivity contribution in [2.75, 3.05) is 0 Å². The molecule has 3 rings (SSSR count). The quantitative estimate of drug-likeness (QED) is 0.343. The second-order valence-electron chi connectivity index (χ2n) is 7.04. The fourth-order valence-corrected chi connectivity index (χ4v) is 3.78. The molecule has 0 aliphatic carbocycles. The van der Waals surface area contributed by atoms with Gasteiger partial charge in [-0.3, -0.25) is 4.79 Å². The van der Waals surface area contributed by atoms with E-state index in [1.807, 2.05) is 86.0 Å². The number of benzene rings is 2. The minimum Gasteiger partial charge on any atom is -0.345 e. The smallest absolute Gasteiger partial charge is 0.262 e. The summed E-state index contributed by atoms with van der Waals surface area (Å²) >= 11 is 9.66. The molecule has 0 spiro atoms. The first-order valence-electron chi connectivity index (χ1n) is 9.43. The van der Waals surface area contributed by atoms with Crippen molar-refractivity contribution in [3.63, 3.8) is 0 Å². The summed E-state index contributed by atoms with van der Waals surface area (Å²) in [6.45, 7) is 5.82. The van der Waals surface area contributed by atoms with Crippen molar-refractivity contribution in [1.82, 2.24) is 9.88 Å². The van der Waals surface area contributed by atoms with Crippen LogP contribution < -0.4 is 5.32 Å². The van der Waals surface area contributed by atoms with Gasteiger partial charge in [-0.25, -0.2) is 0 Å². The Labute approximate surface area is 189 Å². The Hall–Kier alpha value is -2.81. The molecule has 0 aliphatic rings. The van der Waals surface area contributed by atoms with Gasteiger partial charge in [-0.2, -0.15) is 5.26 Å². The van der Waals surface area contributed by atoms with E-state index in [0.29, 0.717) is 5.02 Å². The molecule has 2 aromatic carbocycles. The van der Waals surface area contributed by atoms with E-state index in [4.69, 9.17) is 11.6 Å². The van der Waals surface area contributed by atoms with Crippen LogP contribution in [0.4, 0.5) is 0 Å². The molecule has 1 amide bonds. The van der Waals surface area contributed by atoms with Crippen LogP contribution in [0.3, 0.4) is 0 Å². The lowest BCUT2D eigenvalue weighted by Gasteiger charge is -2.14. The lowest BCUT2D eigenvalue weighted by atomic mass is 10.1. The summed E-state index contributed by atoms with van der Waals surface area (Å²) in [6.07, 6.45) is 1.63. The van der Waals surface area contributed by atoms with Gasteiger partial charge in [0.05, 0.1) is 11.1 Å². The third kappa shape index (κ3) is 4.67. The van der Waals surface area contributed by atoms with Gasteiger partial charge in [-0.15, -0.1) is 0 Å². The summed E-state index contributed by atoms with van der Waals surface area (Å²) in [7, 11) is 0. The van der Waals surface area contributed by atoms with Crippen LogP contribution in [0.5, 0.6) is 0 Å². The standard InChI is InChI=1S/C24H21BrClN3O/c1-15-11-19(17(3)29(15)21-9-10-22(25)23(26)13-21)12-20(14-27)24(30)28-16(2)18-7-5-4-6-8-18/h4-13,16H,1-3H3,(H,28,30)/b20-12-/t16-/m0/s1. The van der Waals surface area contributed by atoms with E-state index in [2.05, 4.69) is 21.2 Å². The zero-order valence-corrected chi connectivity index (χ0v) is 19.3. The molecule has 0 bridgehead atoms. The Balaban J connectivity index is 1.90. The van der Waals surface area contributed by atoms with Crippen LogP contribution in [0.2, 0.25) is 5.02 Å². The fourth-order valence-electron chi connectivity index (χ4n) is 3.36. The first-order valence-corrected chi connectivity index (χ1v) is 10.6. The maximum Gasteiger partial charge on any atom is 0.262 e. The number of amides is 1. The molecule has 0 aliphatic heterocycles. The molecule has 1 N–H and O–H groups in total.